The normalized spacial score (nSPS) is 22.6. The number of phenolic OH excluding ortho intramolecular Hbond substituents is 2. The number of oxime groups is 1. The fraction of sp³-hybridized carbons (Fsp3) is 0.500. The lowest BCUT2D eigenvalue weighted by molar-refractivity contribution is -0.0644. The molecular weight excluding hydrogens is 448 g/mol. The van der Waals surface area contributed by atoms with Crippen LogP contribution in [0.1, 0.15) is 54.4 Å². The standard InChI is InChI=1S/C24H31ClN2O6/c25-23-18-14-17(26-33-16-21(30)27-11-7-5-8-12-27)10-6-3-1-2-4-9-13-32-24(31)22(18)19(28)15-20(23)29/h2,4,6,10,15,21,28-30H,1,3,5,7-9,11-14,16H2/b4-2+,10-6+,26-17+. The SMILES string of the molecule is O=C1OCC/C=C/CC/C=C/C(=N\OCC(O)N2CCCCC2)Cc2c(Cl)c(O)cc(O)c21. The van der Waals surface area contributed by atoms with Crippen LogP contribution in [-0.2, 0) is 16.0 Å². The molecule has 180 valence electrons. The smallest absolute Gasteiger partial charge is 0.342 e. The van der Waals surface area contributed by atoms with Gasteiger partial charge < -0.3 is 24.9 Å². The van der Waals surface area contributed by atoms with Gasteiger partial charge in [0.05, 0.1) is 17.3 Å². The van der Waals surface area contributed by atoms with Crippen molar-refractivity contribution in [2.45, 2.75) is 51.2 Å². The van der Waals surface area contributed by atoms with Crippen molar-refractivity contribution in [3.05, 3.63) is 46.5 Å². The van der Waals surface area contributed by atoms with Crippen LogP contribution in [0.3, 0.4) is 0 Å². The number of hydrogen-bond acceptors (Lipinski definition) is 8. The van der Waals surface area contributed by atoms with Crippen LogP contribution >= 0.6 is 11.6 Å². The monoisotopic (exact) mass is 478 g/mol. The largest absolute Gasteiger partial charge is 0.507 e. The van der Waals surface area contributed by atoms with E-state index in [0.29, 0.717) is 12.1 Å². The van der Waals surface area contributed by atoms with E-state index in [4.69, 9.17) is 21.2 Å². The lowest BCUT2D eigenvalue weighted by atomic mass is 9.99. The van der Waals surface area contributed by atoms with Gasteiger partial charge in [0.15, 0.2) is 6.61 Å². The molecule has 33 heavy (non-hydrogen) atoms. The van der Waals surface area contributed by atoms with Crippen LogP contribution in [0.25, 0.3) is 0 Å². The molecule has 0 spiro atoms. The second-order valence-electron chi connectivity index (χ2n) is 8.09. The first-order valence-electron chi connectivity index (χ1n) is 11.3. The summed E-state index contributed by atoms with van der Waals surface area (Å²) < 4.78 is 5.29. The molecule has 1 atom stereocenters. The fourth-order valence-corrected chi connectivity index (χ4v) is 4.04. The lowest BCUT2D eigenvalue weighted by Gasteiger charge is -2.30. The first-order valence-corrected chi connectivity index (χ1v) is 11.7. The van der Waals surface area contributed by atoms with Crippen LogP contribution < -0.4 is 0 Å². The molecule has 1 saturated heterocycles. The maximum absolute atomic E-state index is 12.7. The highest BCUT2D eigenvalue weighted by Gasteiger charge is 2.25. The average molecular weight is 479 g/mol. The Balaban J connectivity index is 1.85. The van der Waals surface area contributed by atoms with Crippen molar-refractivity contribution in [1.29, 1.82) is 0 Å². The molecule has 1 aromatic rings. The van der Waals surface area contributed by atoms with Crippen LogP contribution in [0.2, 0.25) is 5.02 Å². The summed E-state index contributed by atoms with van der Waals surface area (Å²) >= 11 is 6.30. The van der Waals surface area contributed by atoms with E-state index >= 15 is 0 Å². The van der Waals surface area contributed by atoms with Crippen LogP contribution in [0.4, 0.5) is 0 Å². The zero-order valence-corrected chi connectivity index (χ0v) is 19.3. The molecule has 3 rings (SSSR count). The van der Waals surface area contributed by atoms with Gasteiger partial charge in [-0.2, -0.15) is 0 Å². The Bertz CT molecular complexity index is 909. The van der Waals surface area contributed by atoms with Crippen molar-refractivity contribution in [3.63, 3.8) is 0 Å². The highest BCUT2D eigenvalue weighted by atomic mass is 35.5. The van der Waals surface area contributed by atoms with Crippen molar-refractivity contribution < 1.29 is 29.7 Å². The number of phenols is 2. The third-order valence-electron chi connectivity index (χ3n) is 5.60. The molecule has 8 nitrogen and oxygen atoms in total. The summed E-state index contributed by atoms with van der Waals surface area (Å²) in [5.41, 5.74) is 0.492. The molecule has 0 aliphatic carbocycles. The summed E-state index contributed by atoms with van der Waals surface area (Å²) in [5.74, 6) is -1.52. The van der Waals surface area contributed by atoms with E-state index in [1.54, 1.807) is 6.08 Å². The maximum atomic E-state index is 12.7. The van der Waals surface area contributed by atoms with E-state index in [9.17, 15) is 20.1 Å². The Morgan fingerprint density at radius 2 is 1.82 bits per heavy atom. The zero-order chi connectivity index (χ0) is 23.6. The van der Waals surface area contributed by atoms with Crippen molar-refractivity contribution >= 4 is 23.3 Å². The number of halogens is 1. The molecule has 9 heteroatoms. The first kappa shape index (κ1) is 25.1. The van der Waals surface area contributed by atoms with Gasteiger partial charge >= 0.3 is 5.97 Å². The van der Waals surface area contributed by atoms with E-state index in [1.165, 1.54) is 0 Å². The van der Waals surface area contributed by atoms with Crippen molar-refractivity contribution in [1.82, 2.24) is 4.90 Å². The number of hydrogen-bond donors (Lipinski definition) is 3. The zero-order valence-electron chi connectivity index (χ0n) is 18.6. The molecular formula is C24H31ClN2O6. The Morgan fingerprint density at radius 3 is 2.61 bits per heavy atom. The number of likely N-dealkylation sites (tertiary alicyclic amines) is 1. The third kappa shape index (κ3) is 7.22. The summed E-state index contributed by atoms with van der Waals surface area (Å²) in [5, 5.41) is 34.9. The molecule has 1 fully saturated rings. The number of ether oxygens (including phenoxy) is 1. The first-order chi connectivity index (χ1) is 16.0. The number of aliphatic hydroxyl groups excluding tert-OH is 1. The molecule has 0 amide bonds. The molecule has 2 aliphatic rings. The number of fused-ring (bicyclic) bond motifs is 1. The Kier molecular flexibility index (Phi) is 9.60. The van der Waals surface area contributed by atoms with Crippen molar-refractivity contribution in [3.8, 4) is 11.5 Å². The van der Waals surface area contributed by atoms with Gasteiger partial charge in [-0.25, -0.2) is 4.79 Å². The second kappa shape index (κ2) is 12.6. The van der Waals surface area contributed by atoms with Gasteiger partial charge in [-0.3, -0.25) is 4.90 Å². The maximum Gasteiger partial charge on any atom is 0.342 e. The highest BCUT2D eigenvalue weighted by Crippen LogP contribution is 2.37. The number of carbonyl (C=O) groups excluding carboxylic acids is 1. The summed E-state index contributed by atoms with van der Waals surface area (Å²) in [6, 6.07) is 1.02. The minimum atomic E-state index is -0.763. The minimum absolute atomic E-state index is 0.00595. The van der Waals surface area contributed by atoms with Gasteiger partial charge in [0.25, 0.3) is 0 Å². The van der Waals surface area contributed by atoms with Crippen LogP contribution in [0.5, 0.6) is 11.5 Å². The molecule has 2 aliphatic heterocycles. The van der Waals surface area contributed by atoms with Crippen molar-refractivity contribution in [2.75, 3.05) is 26.3 Å². The molecule has 0 saturated carbocycles. The number of carbonyl (C=O) groups is 1. The summed E-state index contributed by atoms with van der Waals surface area (Å²) in [6.45, 7) is 1.78. The van der Waals surface area contributed by atoms with Gasteiger partial charge in [0.1, 0.15) is 23.3 Å². The fourth-order valence-electron chi connectivity index (χ4n) is 3.83. The molecule has 0 aromatic heterocycles. The molecule has 3 N–H and O–H groups in total. The molecule has 1 unspecified atom stereocenters. The van der Waals surface area contributed by atoms with Crippen LogP contribution in [-0.4, -0.2) is 64.4 Å². The lowest BCUT2D eigenvalue weighted by Crippen LogP contribution is -2.41. The number of cyclic esters (lactones) is 1. The summed E-state index contributed by atoms with van der Waals surface area (Å²) in [7, 11) is 0. The van der Waals surface area contributed by atoms with E-state index < -0.39 is 17.9 Å². The number of rotatable bonds is 4. The van der Waals surface area contributed by atoms with Gasteiger partial charge in [-0.1, -0.05) is 41.4 Å². The number of nitrogens with zero attached hydrogens (tertiary/aromatic N) is 2. The third-order valence-corrected chi connectivity index (χ3v) is 6.02. The Hall–Kier alpha value is -2.55. The van der Waals surface area contributed by atoms with Crippen LogP contribution in [0, 0.1) is 0 Å². The van der Waals surface area contributed by atoms with E-state index in [0.717, 1.165) is 51.3 Å². The van der Waals surface area contributed by atoms with Crippen molar-refractivity contribution in [2.24, 2.45) is 5.16 Å². The number of aliphatic hydroxyl groups is 1. The molecule has 1 aromatic carbocycles. The number of allylic oxidation sites excluding steroid dienone is 3. The summed E-state index contributed by atoms with van der Waals surface area (Å²) in [6.07, 6.45) is 12.2. The minimum Gasteiger partial charge on any atom is -0.507 e. The highest BCUT2D eigenvalue weighted by molar-refractivity contribution is 6.33. The Labute approximate surface area is 198 Å². The predicted molar refractivity (Wildman–Crippen MR) is 126 cm³/mol. The Morgan fingerprint density at radius 1 is 1.09 bits per heavy atom. The second-order valence-corrected chi connectivity index (χ2v) is 8.47. The van der Waals surface area contributed by atoms with Gasteiger partial charge in [0, 0.05) is 25.6 Å². The molecule has 0 radical (unpaired) electrons. The predicted octanol–water partition coefficient (Wildman–Crippen LogP) is 3.92. The number of esters is 1. The van der Waals surface area contributed by atoms with E-state index in [2.05, 4.69) is 5.16 Å². The number of benzene rings is 1. The summed E-state index contributed by atoms with van der Waals surface area (Å²) in [4.78, 5) is 20.1. The van der Waals surface area contributed by atoms with Crippen LogP contribution in [0.15, 0.2) is 35.5 Å². The van der Waals surface area contributed by atoms with Gasteiger partial charge in [-0.15, -0.1) is 0 Å². The quantitative estimate of drug-likeness (QED) is 0.341. The molecule has 0 bridgehead atoms. The number of aromatic hydroxyl groups is 2. The number of piperidine rings is 1. The topological polar surface area (TPSA) is 112 Å². The van der Waals surface area contributed by atoms with Gasteiger partial charge in [0.2, 0.25) is 0 Å². The van der Waals surface area contributed by atoms with Gasteiger partial charge in [-0.05, 0) is 43.7 Å². The average Bonchev–Trinajstić information content (AvgIpc) is 2.80. The van der Waals surface area contributed by atoms with E-state index in [1.807, 2.05) is 23.1 Å². The molecule has 2 heterocycles. The van der Waals surface area contributed by atoms with E-state index in [-0.39, 0.29) is 41.5 Å².